The molecule has 0 saturated carbocycles. The number of nitro groups is 1. The molecule has 1 fully saturated rings. The first kappa shape index (κ1) is 20.7. The van der Waals surface area contributed by atoms with Gasteiger partial charge in [0.1, 0.15) is 5.75 Å². The van der Waals surface area contributed by atoms with Crippen LogP contribution in [0.3, 0.4) is 0 Å². The van der Waals surface area contributed by atoms with Gasteiger partial charge in [-0.1, -0.05) is 12.1 Å². The maximum absolute atomic E-state index is 13.8. The average molecular weight is 401 g/mol. The van der Waals surface area contributed by atoms with Gasteiger partial charge in [-0.2, -0.15) is 4.39 Å². The quantitative estimate of drug-likeness (QED) is 0.549. The van der Waals surface area contributed by atoms with Crippen LogP contribution in [0.25, 0.3) is 0 Å². The summed E-state index contributed by atoms with van der Waals surface area (Å²) < 4.78 is 19.4. The van der Waals surface area contributed by atoms with E-state index in [4.69, 9.17) is 4.74 Å². The second kappa shape index (κ2) is 9.00. The van der Waals surface area contributed by atoms with Gasteiger partial charge in [0.2, 0.25) is 5.82 Å². The van der Waals surface area contributed by atoms with Crippen LogP contribution < -0.4 is 4.74 Å². The Morgan fingerprint density at radius 3 is 2.34 bits per heavy atom. The number of hydrogen-bond acceptors (Lipinski definition) is 5. The number of benzene rings is 2. The zero-order valence-corrected chi connectivity index (χ0v) is 16.6. The van der Waals surface area contributed by atoms with Crippen LogP contribution in [0.15, 0.2) is 36.4 Å². The third-order valence-electron chi connectivity index (χ3n) is 4.90. The maximum Gasteiger partial charge on any atom is 0.304 e. The van der Waals surface area contributed by atoms with Crippen LogP contribution in [0.4, 0.5) is 10.1 Å². The van der Waals surface area contributed by atoms with E-state index in [1.165, 1.54) is 12.1 Å². The van der Waals surface area contributed by atoms with Gasteiger partial charge >= 0.3 is 5.69 Å². The van der Waals surface area contributed by atoms with Crippen molar-refractivity contribution in [3.8, 4) is 5.75 Å². The summed E-state index contributed by atoms with van der Waals surface area (Å²) in [4.78, 5) is 26.2. The molecule has 7 nitrogen and oxygen atoms in total. The Labute approximate surface area is 168 Å². The van der Waals surface area contributed by atoms with Crippen LogP contribution in [-0.4, -0.2) is 53.4 Å². The van der Waals surface area contributed by atoms with Gasteiger partial charge in [-0.05, 0) is 48.7 Å². The van der Waals surface area contributed by atoms with E-state index < -0.39 is 16.4 Å². The van der Waals surface area contributed by atoms with Crippen molar-refractivity contribution < 1.29 is 18.8 Å². The van der Waals surface area contributed by atoms with Gasteiger partial charge in [0.05, 0.1) is 4.92 Å². The van der Waals surface area contributed by atoms with Gasteiger partial charge in [0, 0.05) is 38.8 Å². The fourth-order valence-corrected chi connectivity index (χ4v) is 3.46. The van der Waals surface area contributed by atoms with Crippen molar-refractivity contribution in [2.75, 3.05) is 32.8 Å². The molecule has 1 aliphatic heterocycles. The van der Waals surface area contributed by atoms with E-state index in [1.807, 2.05) is 32.0 Å². The van der Waals surface area contributed by atoms with Gasteiger partial charge in [-0.3, -0.25) is 19.8 Å². The lowest BCUT2D eigenvalue weighted by molar-refractivity contribution is -0.387. The van der Waals surface area contributed by atoms with E-state index in [-0.39, 0.29) is 12.5 Å². The van der Waals surface area contributed by atoms with E-state index in [2.05, 4.69) is 4.90 Å². The molecular weight excluding hydrogens is 377 g/mol. The smallest absolute Gasteiger partial charge is 0.304 e. The van der Waals surface area contributed by atoms with Gasteiger partial charge < -0.3 is 9.64 Å². The number of halogens is 1. The number of rotatable bonds is 6. The highest BCUT2D eigenvalue weighted by Crippen LogP contribution is 2.20. The Balaban J connectivity index is 1.48. The molecule has 0 atom stereocenters. The number of nitro benzene ring substituents is 1. The second-order valence-corrected chi connectivity index (χ2v) is 7.31. The van der Waals surface area contributed by atoms with Crippen molar-refractivity contribution in [1.82, 2.24) is 9.80 Å². The Bertz CT molecular complexity index is 891. The molecule has 0 radical (unpaired) electrons. The fourth-order valence-electron chi connectivity index (χ4n) is 3.46. The van der Waals surface area contributed by atoms with E-state index in [9.17, 15) is 19.3 Å². The number of hydrogen-bond donors (Lipinski definition) is 0. The SMILES string of the molecule is Cc1cc(C)cc(OCC(=O)N2CCN(Cc3ccc([N+](=O)[O-])c(F)c3)CC2)c1. The van der Waals surface area contributed by atoms with Crippen LogP contribution in [0, 0.1) is 29.8 Å². The Hall–Kier alpha value is -3.00. The number of amides is 1. The summed E-state index contributed by atoms with van der Waals surface area (Å²) in [6.07, 6.45) is 0. The van der Waals surface area contributed by atoms with E-state index >= 15 is 0 Å². The molecule has 3 rings (SSSR count). The predicted molar refractivity (Wildman–Crippen MR) is 106 cm³/mol. The minimum atomic E-state index is -0.829. The van der Waals surface area contributed by atoms with E-state index in [0.717, 1.165) is 11.1 Å². The first-order chi connectivity index (χ1) is 13.8. The van der Waals surface area contributed by atoms with Crippen molar-refractivity contribution in [2.45, 2.75) is 20.4 Å². The zero-order chi connectivity index (χ0) is 21.0. The van der Waals surface area contributed by atoms with E-state index in [1.54, 1.807) is 11.0 Å². The van der Waals surface area contributed by atoms with Gasteiger partial charge in [0.25, 0.3) is 5.91 Å². The van der Waals surface area contributed by atoms with Crippen molar-refractivity contribution in [2.24, 2.45) is 0 Å². The van der Waals surface area contributed by atoms with Gasteiger partial charge in [-0.25, -0.2) is 0 Å². The Morgan fingerprint density at radius 1 is 1.10 bits per heavy atom. The standard InChI is InChI=1S/C21H24FN3O4/c1-15-9-16(2)11-18(10-15)29-14-21(26)24-7-5-23(6-8-24)13-17-3-4-20(25(27)28)19(22)12-17/h3-4,9-12H,5-8,13-14H2,1-2H3. The van der Waals surface area contributed by atoms with E-state index in [0.29, 0.717) is 44.0 Å². The third-order valence-corrected chi connectivity index (χ3v) is 4.90. The lowest BCUT2D eigenvalue weighted by Crippen LogP contribution is -2.49. The molecule has 0 N–H and O–H groups in total. The van der Waals surface area contributed by atoms with Crippen LogP contribution in [-0.2, 0) is 11.3 Å². The number of carbonyl (C=O) groups is 1. The first-order valence-electron chi connectivity index (χ1n) is 9.46. The second-order valence-electron chi connectivity index (χ2n) is 7.31. The monoisotopic (exact) mass is 401 g/mol. The summed E-state index contributed by atoms with van der Waals surface area (Å²) in [7, 11) is 0. The van der Waals surface area contributed by atoms with Crippen molar-refractivity contribution >= 4 is 11.6 Å². The lowest BCUT2D eigenvalue weighted by atomic mass is 10.1. The van der Waals surface area contributed by atoms with Gasteiger partial charge in [0.15, 0.2) is 6.61 Å². The summed E-state index contributed by atoms with van der Waals surface area (Å²) >= 11 is 0. The summed E-state index contributed by atoms with van der Waals surface area (Å²) in [5, 5.41) is 10.7. The van der Waals surface area contributed by atoms with Crippen molar-refractivity contribution in [1.29, 1.82) is 0 Å². The maximum atomic E-state index is 13.8. The summed E-state index contributed by atoms with van der Waals surface area (Å²) in [5.74, 6) is -0.204. The van der Waals surface area contributed by atoms with Crippen molar-refractivity contribution in [3.63, 3.8) is 0 Å². The van der Waals surface area contributed by atoms with Gasteiger partial charge in [-0.15, -0.1) is 0 Å². The first-order valence-corrected chi connectivity index (χ1v) is 9.46. The van der Waals surface area contributed by atoms with Crippen molar-refractivity contribution in [3.05, 3.63) is 69.0 Å². The highest BCUT2D eigenvalue weighted by molar-refractivity contribution is 5.77. The molecule has 0 unspecified atom stereocenters. The third kappa shape index (κ3) is 5.51. The summed E-state index contributed by atoms with van der Waals surface area (Å²) in [5.41, 5.74) is 2.33. The minimum Gasteiger partial charge on any atom is -0.484 e. The largest absolute Gasteiger partial charge is 0.484 e. The molecular formula is C21H24FN3O4. The van der Waals surface area contributed by atoms with Crippen LogP contribution in [0.1, 0.15) is 16.7 Å². The molecule has 1 aliphatic rings. The molecule has 8 heteroatoms. The molecule has 1 heterocycles. The average Bonchev–Trinajstić information content (AvgIpc) is 2.66. The molecule has 0 aromatic heterocycles. The normalized spacial score (nSPS) is 14.7. The number of nitrogens with zero attached hydrogens (tertiary/aromatic N) is 3. The Kier molecular flexibility index (Phi) is 6.43. The summed E-state index contributed by atoms with van der Waals surface area (Å²) in [6.45, 7) is 6.86. The molecule has 0 spiro atoms. The molecule has 2 aromatic carbocycles. The minimum absolute atomic E-state index is 0.00351. The molecule has 2 aromatic rings. The molecule has 0 aliphatic carbocycles. The number of carbonyl (C=O) groups excluding carboxylic acids is 1. The number of ether oxygens (including phenoxy) is 1. The fraction of sp³-hybridized carbons (Fsp3) is 0.381. The molecule has 1 saturated heterocycles. The van der Waals surface area contributed by atoms with Crippen LogP contribution >= 0.6 is 0 Å². The predicted octanol–water partition coefficient (Wildman–Crippen LogP) is 3.07. The molecule has 1 amide bonds. The highest BCUT2D eigenvalue weighted by Gasteiger charge is 2.22. The lowest BCUT2D eigenvalue weighted by Gasteiger charge is -2.34. The molecule has 0 bridgehead atoms. The Morgan fingerprint density at radius 2 is 1.76 bits per heavy atom. The number of aryl methyl sites for hydroxylation is 2. The highest BCUT2D eigenvalue weighted by atomic mass is 19.1. The van der Waals surface area contributed by atoms with Crippen LogP contribution in [0.2, 0.25) is 0 Å². The zero-order valence-electron chi connectivity index (χ0n) is 16.6. The molecule has 154 valence electrons. The molecule has 29 heavy (non-hydrogen) atoms. The number of piperazine rings is 1. The topological polar surface area (TPSA) is 75.9 Å². The summed E-state index contributed by atoms with van der Waals surface area (Å²) in [6, 6.07) is 9.81. The van der Waals surface area contributed by atoms with Crippen LogP contribution in [0.5, 0.6) is 5.75 Å².